The lowest BCUT2D eigenvalue weighted by Gasteiger charge is -2.10. The van der Waals surface area contributed by atoms with Crippen molar-refractivity contribution in [2.45, 2.75) is 123 Å². The maximum Gasteiger partial charge on any atom is 0.339 e. The highest BCUT2D eigenvalue weighted by Gasteiger charge is 2.20. The summed E-state index contributed by atoms with van der Waals surface area (Å²) in [5, 5.41) is 9.55. The number of aromatic carboxylic acids is 1. The summed E-state index contributed by atoms with van der Waals surface area (Å²) in [6.07, 6.45) is 19.7. The maximum absolute atomic E-state index is 12.5. The fraction of sp³-hybridized carbons (Fsp3) is 0.700. The third-order valence-corrected chi connectivity index (χ3v) is 6.42. The van der Waals surface area contributed by atoms with Crippen molar-refractivity contribution in [1.82, 2.24) is 0 Å². The standard InChI is InChI=1S/C30H48O6/c1-3-5-7-9-11-12-13-14-15-17-19-23-36-30(34)26-21-20-25(24-27(26)28(31)32)29(33)35-22-18-16-10-8-6-4-2/h20-21,24H,3-19,22-23H2,1-2H3,(H,31,32). The second-order valence-corrected chi connectivity index (χ2v) is 9.64. The van der Waals surface area contributed by atoms with Crippen molar-refractivity contribution in [1.29, 1.82) is 0 Å². The van der Waals surface area contributed by atoms with Crippen molar-refractivity contribution in [3.05, 3.63) is 34.9 Å². The molecule has 0 atom stereocenters. The molecule has 0 spiro atoms. The summed E-state index contributed by atoms with van der Waals surface area (Å²) in [5.74, 6) is -2.53. The average molecular weight is 505 g/mol. The van der Waals surface area contributed by atoms with E-state index in [2.05, 4.69) is 13.8 Å². The summed E-state index contributed by atoms with van der Waals surface area (Å²) in [6, 6.07) is 3.97. The fourth-order valence-corrected chi connectivity index (χ4v) is 4.17. The number of ether oxygens (including phenoxy) is 2. The monoisotopic (exact) mass is 504 g/mol. The first kappa shape index (κ1) is 31.7. The molecule has 0 saturated heterocycles. The van der Waals surface area contributed by atoms with Crippen molar-refractivity contribution in [3.63, 3.8) is 0 Å². The van der Waals surface area contributed by atoms with E-state index in [9.17, 15) is 19.5 Å². The number of carboxylic acids is 1. The molecule has 0 aliphatic rings. The molecular weight excluding hydrogens is 456 g/mol. The molecular formula is C30H48O6. The highest BCUT2D eigenvalue weighted by molar-refractivity contribution is 6.04. The van der Waals surface area contributed by atoms with Gasteiger partial charge in [0.25, 0.3) is 0 Å². The third-order valence-electron chi connectivity index (χ3n) is 6.42. The lowest BCUT2D eigenvalue weighted by Crippen LogP contribution is -2.15. The van der Waals surface area contributed by atoms with E-state index in [0.29, 0.717) is 6.61 Å². The van der Waals surface area contributed by atoms with Gasteiger partial charge < -0.3 is 14.6 Å². The van der Waals surface area contributed by atoms with E-state index in [-0.39, 0.29) is 23.3 Å². The Bertz CT molecular complexity index is 758. The number of unbranched alkanes of at least 4 members (excludes halogenated alkanes) is 15. The van der Waals surface area contributed by atoms with E-state index in [0.717, 1.165) is 38.5 Å². The quantitative estimate of drug-likeness (QED) is 0.126. The molecule has 1 aromatic carbocycles. The summed E-state index contributed by atoms with van der Waals surface area (Å²) in [4.78, 5) is 36.5. The molecule has 1 aromatic rings. The smallest absolute Gasteiger partial charge is 0.339 e. The Morgan fingerprint density at radius 3 is 1.44 bits per heavy atom. The summed E-state index contributed by atoms with van der Waals surface area (Å²) in [6.45, 7) is 4.96. The molecule has 0 fully saturated rings. The van der Waals surface area contributed by atoms with Crippen molar-refractivity contribution >= 4 is 17.9 Å². The van der Waals surface area contributed by atoms with Crippen molar-refractivity contribution < 1.29 is 29.0 Å². The van der Waals surface area contributed by atoms with Crippen molar-refractivity contribution in [2.75, 3.05) is 13.2 Å². The normalized spacial score (nSPS) is 10.8. The van der Waals surface area contributed by atoms with Crippen LogP contribution >= 0.6 is 0 Å². The summed E-state index contributed by atoms with van der Waals surface area (Å²) in [5.41, 5.74) is -0.161. The molecule has 0 amide bonds. The summed E-state index contributed by atoms with van der Waals surface area (Å²) >= 11 is 0. The fourth-order valence-electron chi connectivity index (χ4n) is 4.17. The average Bonchev–Trinajstić information content (AvgIpc) is 2.88. The summed E-state index contributed by atoms with van der Waals surface area (Å²) < 4.78 is 10.6. The number of carboxylic acid groups (broad SMARTS) is 1. The van der Waals surface area contributed by atoms with Crippen LogP contribution in [0.15, 0.2) is 18.2 Å². The molecule has 0 heterocycles. The van der Waals surface area contributed by atoms with Crippen LogP contribution in [0.25, 0.3) is 0 Å². The SMILES string of the molecule is CCCCCCCCCCCCCOC(=O)c1ccc(C(=O)OCCCCCCCC)cc1C(=O)O. The van der Waals surface area contributed by atoms with Crippen LogP contribution in [0.5, 0.6) is 0 Å². The minimum atomic E-state index is -1.28. The molecule has 0 aromatic heterocycles. The maximum atomic E-state index is 12.5. The Hall–Kier alpha value is -2.37. The predicted octanol–water partition coefficient (Wildman–Crippen LogP) is 8.37. The first-order chi connectivity index (χ1) is 17.5. The number of hydrogen-bond acceptors (Lipinski definition) is 5. The van der Waals surface area contributed by atoms with Crippen LogP contribution in [-0.2, 0) is 9.47 Å². The van der Waals surface area contributed by atoms with Gasteiger partial charge in [0.1, 0.15) is 0 Å². The number of benzene rings is 1. The Kier molecular flexibility index (Phi) is 18.3. The molecule has 6 nitrogen and oxygen atoms in total. The van der Waals surface area contributed by atoms with Gasteiger partial charge in [-0.3, -0.25) is 0 Å². The van der Waals surface area contributed by atoms with Gasteiger partial charge in [0.15, 0.2) is 0 Å². The Morgan fingerprint density at radius 2 is 1.00 bits per heavy atom. The van der Waals surface area contributed by atoms with Gasteiger partial charge in [-0.1, -0.05) is 110 Å². The Balaban J connectivity index is 2.33. The van der Waals surface area contributed by atoms with Gasteiger partial charge in [0.2, 0.25) is 0 Å². The van der Waals surface area contributed by atoms with Crippen LogP contribution in [0.4, 0.5) is 0 Å². The van der Waals surface area contributed by atoms with Crippen LogP contribution in [0.3, 0.4) is 0 Å². The highest BCUT2D eigenvalue weighted by Crippen LogP contribution is 2.16. The Morgan fingerprint density at radius 1 is 0.583 bits per heavy atom. The van der Waals surface area contributed by atoms with Crippen LogP contribution in [0.1, 0.15) is 154 Å². The second-order valence-electron chi connectivity index (χ2n) is 9.64. The van der Waals surface area contributed by atoms with Crippen LogP contribution in [0.2, 0.25) is 0 Å². The highest BCUT2D eigenvalue weighted by atomic mass is 16.5. The van der Waals surface area contributed by atoms with E-state index < -0.39 is 17.9 Å². The van der Waals surface area contributed by atoms with Crippen LogP contribution in [-0.4, -0.2) is 36.2 Å². The first-order valence-corrected chi connectivity index (χ1v) is 14.2. The number of hydrogen-bond donors (Lipinski definition) is 1. The molecule has 36 heavy (non-hydrogen) atoms. The van der Waals surface area contributed by atoms with Crippen molar-refractivity contribution in [3.8, 4) is 0 Å². The molecule has 0 unspecified atom stereocenters. The first-order valence-electron chi connectivity index (χ1n) is 14.2. The van der Waals surface area contributed by atoms with E-state index in [1.165, 1.54) is 88.8 Å². The van der Waals surface area contributed by atoms with Crippen LogP contribution < -0.4 is 0 Å². The zero-order valence-corrected chi connectivity index (χ0v) is 22.7. The largest absolute Gasteiger partial charge is 0.478 e. The molecule has 1 rings (SSSR count). The second kappa shape index (κ2) is 20.8. The van der Waals surface area contributed by atoms with E-state index in [4.69, 9.17) is 9.47 Å². The summed E-state index contributed by atoms with van der Waals surface area (Å²) in [7, 11) is 0. The van der Waals surface area contributed by atoms with E-state index >= 15 is 0 Å². The minimum Gasteiger partial charge on any atom is -0.478 e. The molecule has 0 aliphatic heterocycles. The molecule has 0 radical (unpaired) electrons. The van der Waals surface area contributed by atoms with E-state index in [1.54, 1.807) is 0 Å². The zero-order valence-electron chi connectivity index (χ0n) is 22.7. The van der Waals surface area contributed by atoms with E-state index in [1.807, 2.05) is 0 Å². The lowest BCUT2D eigenvalue weighted by molar-refractivity contribution is 0.0477. The van der Waals surface area contributed by atoms with Gasteiger partial charge >= 0.3 is 17.9 Å². The zero-order chi connectivity index (χ0) is 26.4. The minimum absolute atomic E-state index is 0.0435. The molecule has 1 N–H and O–H groups in total. The van der Waals surface area contributed by atoms with Crippen molar-refractivity contribution in [2.24, 2.45) is 0 Å². The van der Waals surface area contributed by atoms with Gasteiger partial charge in [-0.25, -0.2) is 14.4 Å². The van der Waals surface area contributed by atoms with Gasteiger partial charge in [-0.15, -0.1) is 0 Å². The third kappa shape index (κ3) is 14.3. The molecule has 6 heteroatoms. The van der Waals surface area contributed by atoms with Crippen LogP contribution in [0, 0.1) is 0 Å². The van der Waals surface area contributed by atoms with Gasteiger partial charge in [0.05, 0.1) is 29.9 Å². The van der Waals surface area contributed by atoms with Gasteiger partial charge in [-0.05, 0) is 31.0 Å². The lowest BCUT2D eigenvalue weighted by atomic mass is 10.0. The predicted molar refractivity (Wildman–Crippen MR) is 144 cm³/mol. The molecule has 0 bridgehead atoms. The Labute approximate surface area is 218 Å². The number of rotatable bonds is 22. The number of carbonyl (C=O) groups excluding carboxylic acids is 2. The molecule has 0 saturated carbocycles. The number of esters is 2. The molecule has 204 valence electrons. The topological polar surface area (TPSA) is 89.9 Å². The van der Waals surface area contributed by atoms with Gasteiger partial charge in [0, 0.05) is 0 Å². The van der Waals surface area contributed by atoms with Gasteiger partial charge in [-0.2, -0.15) is 0 Å². The number of carbonyl (C=O) groups is 3. The molecule has 0 aliphatic carbocycles.